The lowest BCUT2D eigenvalue weighted by atomic mass is 10.4. The number of esters is 1. The van der Waals surface area contributed by atoms with E-state index in [1.165, 1.54) is 11.8 Å². The van der Waals surface area contributed by atoms with Gasteiger partial charge in [0.25, 0.3) is 0 Å². The van der Waals surface area contributed by atoms with Crippen molar-refractivity contribution >= 4 is 23.4 Å². The van der Waals surface area contributed by atoms with Crippen LogP contribution in [0.15, 0.2) is 23.4 Å². The van der Waals surface area contributed by atoms with Crippen LogP contribution in [0.3, 0.4) is 0 Å². The zero-order valence-corrected chi connectivity index (χ0v) is 8.29. The maximum absolute atomic E-state index is 11.2. The summed E-state index contributed by atoms with van der Waals surface area (Å²) >= 11 is 1.38. The average molecular weight is 210 g/mol. The fourth-order valence-electron chi connectivity index (χ4n) is 1.22. The summed E-state index contributed by atoms with van der Waals surface area (Å²) in [6.07, 6.45) is 2.40. The zero-order chi connectivity index (χ0) is 9.97. The first kappa shape index (κ1) is 9.33. The van der Waals surface area contributed by atoms with Gasteiger partial charge in [-0.15, -0.1) is 0 Å². The normalized spacial score (nSPS) is 20.9. The van der Waals surface area contributed by atoms with Crippen molar-refractivity contribution < 1.29 is 9.53 Å². The number of pyridine rings is 1. The highest BCUT2D eigenvalue weighted by atomic mass is 32.2. The van der Waals surface area contributed by atoms with Crippen LogP contribution in [0.25, 0.3) is 0 Å². The molecule has 1 saturated heterocycles. The number of rotatable bonds is 2. The van der Waals surface area contributed by atoms with Crippen LogP contribution in [0.1, 0.15) is 6.42 Å². The molecular weight excluding hydrogens is 200 g/mol. The highest BCUT2D eigenvalue weighted by Gasteiger charge is 2.28. The number of cyclic esters (lactones) is 1. The number of aromatic nitrogens is 1. The minimum Gasteiger partial charge on any atom is -0.465 e. The second-order valence-electron chi connectivity index (χ2n) is 2.96. The van der Waals surface area contributed by atoms with Crippen LogP contribution in [0.5, 0.6) is 0 Å². The van der Waals surface area contributed by atoms with Gasteiger partial charge < -0.3 is 10.5 Å². The van der Waals surface area contributed by atoms with Gasteiger partial charge >= 0.3 is 5.97 Å². The fourth-order valence-corrected chi connectivity index (χ4v) is 2.19. The molecule has 0 amide bonds. The topological polar surface area (TPSA) is 65.2 Å². The molecule has 1 aliphatic heterocycles. The van der Waals surface area contributed by atoms with Crippen LogP contribution in [0.2, 0.25) is 0 Å². The number of ether oxygens (including phenoxy) is 1. The van der Waals surface area contributed by atoms with E-state index in [9.17, 15) is 4.79 Å². The maximum atomic E-state index is 11.2. The van der Waals surface area contributed by atoms with Crippen molar-refractivity contribution in [2.24, 2.45) is 0 Å². The molecule has 0 saturated carbocycles. The largest absolute Gasteiger partial charge is 0.465 e. The third-order valence-corrected chi connectivity index (χ3v) is 3.22. The van der Waals surface area contributed by atoms with Crippen molar-refractivity contribution in [3.05, 3.63) is 18.3 Å². The van der Waals surface area contributed by atoms with Crippen LogP contribution in [-0.4, -0.2) is 22.8 Å². The molecule has 2 heterocycles. The van der Waals surface area contributed by atoms with Gasteiger partial charge in [-0.2, -0.15) is 0 Å². The number of nitrogens with zero attached hydrogens (tertiary/aromatic N) is 1. The predicted octanol–water partition coefficient (Wildman–Crippen LogP) is 1.07. The summed E-state index contributed by atoms with van der Waals surface area (Å²) in [4.78, 5) is 15.3. The Morgan fingerprint density at radius 1 is 1.64 bits per heavy atom. The van der Waals surface area contributed by atoms with Gasteiger partial charge in [-0.25, -0.2) is 4.98 Å². The van der Waals surface area contributed by atoms with Gasteiger partial charge in [-0.05, 0) is 12.1 Å². The zero-order valence-electron chi connectivity index (χ0n) is 7.47. The van der Waals surface area contributed by atoms with E-state index >= 15 is 0 Å². The molecule has 1 atom stereocenters. The van der Waals surface area contributed by atoms with Gasteiger partial charge in [0.2, 0.25) is 0 Å². The first-order valence-electron chi connectivity index (χ1n) is 4.31. The van der Waals surface area contributed by atoms with E-state index in [-0.39, 0.29) is 11.2 Å². The first-order chi connectivity index (χ1) is 6.77. The summed E-state index contributed by atoms with van der Waals surface area (Å²) in [5.74, 6) is -0.167. The van der Waals surface area contributed by atoms with Crippen molar-refractivity contribution in [2.45, 2.75) is 16.7 Å². The molecular formula is C9H10N2O2S. The Labute approximate surface area is 85.8 Å². The van der Waals surface area contributed by atoms with Crippen LogP contribution >= 0.6 is 11.8 Å². The van der Waals surface area contributed by atoms with Crippen molar-refractivity contribution in [3.8, 4) is 0 Å². The van der Waals surface area contributed by atoms with E-state index in [4.69, 9.17) is 10.5 Å². The highest BCUT2D eigenvalue weighted by Crippen LogP contribution is 2.31. The van der Waals surface area contributed by atoms with Gasteiger partial charge in [0.05, 0.1) is 12.3 Å². The van der Waals surface area contributed by atoms with Gasteiger partial charge in [0, 0.05) is 12.6 Å². The van der Waals surface area contributed by atoms with Crippen molar-refractivity contribution in [1.29, 1.82) is 0 Å². The third kappa shape index (κ3) is 1.82. The van der Waals surface area contributed by atoms with E-state index < -0.39 is 0 Å². The van der Waals surface area contributed by atoms with Crippen molar-refractivity contribution in [2.75, 3.05) is 12.3 Å². The molecule has 74 valence electrons. The number of nitrogen functional groups attached to an aromatic ring is 1. The SMILES string of the molecule is Nc1cccnc1SC1CCOC1=O. The van der Waals surface area contributed by atoms with Gasteiger partial charge in [0.15, 0.2) is 0 Å². The molecule has 14 heavy (non-hydrogen) atoms. The summed E-state index contributed by atoms with van der Waals surface area (Å²) in [6.45, 7) is 0.503. The molecule has 1 unspecified atom stereocenters. The monoisotopic (exact) mass is 210 g/mol. The summed E-state index contributed by atoms with van der Waals surface area (Å²) < 4.78 is 4.85. The Bertz CT molecular complexity index is 356. The Morgan fingerprint density at radius 3 is 3.14 bits per heavy atom. The van der Waals surface area contributed by atoms with Gasteiger partial charge in [0.1, 0.15) is 10.3 Å². The smallest absolute Gasteiger partial charge is 0.319 e. The number of hydrogen-bond acceptors (Lipinski definition) is 5. The molecule has 0 aromatic carbocycles. The molecule has 1 aliphatic rings. The molecule has 1 aromatic rings. The molecule has 1 aromatic heterocycles. The minimum absolute atomic E-state index is 0.146. The quantitative estimate of drug-likeness (QED) is 0.740. The molecule has 2 N–H and O–H groups in total. The molecule has 0 spiro atoms. The van der Waals surface area contributed by atoms with Crippen LogP contribution in [-0.2, 0) is 9.53 Å². The van der Waals surface area contributed by atoms with E-state index in [0.29, 0.717) is 17.3 Å². The fraction of sp³-hybridized carbons (Fsp3) is 0.333. The van der Waals surface area contributed by atoms with Crippen molar-refractivity contribution in [3.63, 3.8) is 0 Å². The lowest BCUT2D eigenvalue weighted by Gasteiger charge is -2.06. The Morgan fingerprint density at radius 2 is 2.50 bits per heavy atom. The summed E-state index contributed by atoms with van der Waals surface area (Å²) in [5, 5.41) is 0.559. The van der Waals surface area contributed by atoms with Crippen LogP contribution < -0.4 is 5.73 Å². The lowest BCUT2D eigenvalue weighted by molar-refractivity contribution is -0.137. The van der Waals surface area contributed by atoms with Crippen molar-refractivity contribution in [1.82, 2.24) is 4.98 Å². The van der Waals surface area contributed by atoms with E-state index in [0.717, 1.165) is 6.42 Å². The molecule has 1 fully saturated rings. The van der Waals surface area contributed by atoms with E-state index in [1.807, 2.05) is 0 Å². The average Bonchev–Trinajstić information content (AvgIpc) is 2.56. The Balaban J connectivity index is 2.10. The maximum Gasteiger partial charge on any atom is 0.319 e. The number of carbonyl (C=O) groups is 1. The van der Waals surface area contributed by atoms with Crippen LogP contribution in [0.4, 0.5) is 5.69 Å². The van der Waals surface area contributed by atoms with Gasteiger partial charge in [-0.3, -0.25) is 4.79 Å². The summed E-state index contributed by atoms with van der Waals surface area (Å²) in [6, 6.07) is 3.54. The third-order valence-electron chi connectivity index (χ3n) is 1.94. The second-order valence-corrected chi connectivity index (χ2v) is 4.15. The standard InChI is InChI=1S/C9H10N2O2S/c10-6-2-1-4-11-8(6)14-7-3-5-13-9(7)12/h1-2,4,7H,3,5,10H2. The number of hydrogen-bond donors (Lipinski definition) is 1. The molecule has 4 nitrogen and oxygen atoms in total. The molecule has 0 bridgehead atoms. The summed E-state index contributed by atoms with van der Waals surface area (Å²) in [7, 11) is 0. The number of nitrogens with two attached hydrogens (primary N) is 1. The number of thioether (sulfide) groups is 1. The number of anilines is 1. The highest BCUT2D eigenvalue weighted by molar-refractivity contribution is 8.00. The minimum atomic E-state index is -0.167. The molecule has 0 radical (unpaired) electrons. The number of carbonyl (C=O) groups excluding carboxylic acids is 1. The molecule has 0 aliphatic carbocycles. The Hall–Kier alpha value is -1.23. The van der Waals surface area contributed by atoms with E-state index in [1.54, 1.807) is 18.3 Å². The lowest BCUT2D eigenvalue weighted by Crippen LogP contribution is -2.10. The molecule has 2 rings (SSSR count). The predicted molar refractivity (Wildman–Crippen MR) is 53.9 cm³/mol. The van der Waals surface area contributed by atoms with Crippen LogP contribution in [0, 0.1) is 0 Å². The first-order valence-corrected chi connectivity index (χ1v) is 5.19. The molecule has 5 heteroatoms. The second kappa shape index (κ2) is 3.88. The summed E-state index contributed by atoms with van der Waals surface area (Å²) in [5.41, 5.74) is 6.32. The Kier molecular flexibility index (Phi) is 2.58. The van der Waals surface area contributed by atoms with Gasteiger partial charge in [-0.1, -0.05) is 11.8 Å². The van der Waals surface area contributed by atoms with E-state index in [2.05, 4.69) is 4.98 Å².